The highest BCUT2D eigenvalue weighted by Gasteiger charge is 2.36. The van der Waals surface area contributed by atoms with E-state index in [0.29, 0.717) is 18.4 Å². The standard InChI is InChI=1S/C25H24BrClF3N/c26-17-8-18-31-24(20-10-3-1-4-11-20,21-12-5-2-6-13-21)16-15-19-9-7-14-22(23(19)27)25(28,29)30/h1-7,9-14,31H,8,15-18H2. The van der Waals surface area contributed by atoms with Crippen LogP contribution in [0.25, 0.3) is 0 Å². The average Bonchev–Trinajstić information content (AvgIpc) is 2.77. The third kappa shape index (κ3) is 5.71. The lowest BCUT2D eigenvalue weighted by atomic mass is 9.78. The molecule has 0 aromatic heterocycles. The van der Waals surface area contributed by atoms with Gasteiger partial charge in [-0.05, 0) is 48.6 Å². The van der Waals surface area contributed by atoms with Crippen molar-refractivity contribution in [1.29, 1.82) is 0 Å². The van der Waals surface area contributed by atoms with Gasteiger partial charge < -0.3 is 5.32 Å². The van der Waals surface area contributed by atoms with Crippen LogP contribution in [-0.2, 0) is 18.1 Å². The number of benzene rings is 3. The van der Waals surface area contributed by atoms with Crippen LogP contribution in [-0.4, -0.2) is 11.9 Å². The number of alkyl halides is 4. The minimum Gasteiger partial charge on any atom is -0.304 e. The summed E-state index contributed by atoms with van der Waals surface area (Å²) in [6.45, 7) is 0.755. The Labute approximate surface area is 194 Å². The first-order valence-electron chi connectivity index (χ1n) is 10.1. The number of halogens is 5. The molecule has 0 bridgehead atoms. The van der Waals surface area contributed by atoms with Crippen LogP contribution in [0.1, 0.15) is 35.1 Å². The quantitative estimate of drug-likeness (QED) is 0.231. The minimum absolute atomic E-state index is 0.217. The summed E-state index contributed by atoms with van der Waals surface area (Å²) in [4.78, 5) is 0. The zero-order valence-corrected chi connectivity index (χ0v) is 19.3. The SMILES string of the molecule is FC(F)(F)c1cccc(CCC(NCCCBr)(c2ccccc2)c2ccccc2)c1Cl. The van der Waals surface area contributed by atoms with E-state index in [0.717, 1.165) is 35.5 Å². The number of rotatable bonds is 9. The van der Waals surface area contributed by atoms with E-state index in [-0.39, 0.29) is 5.02 Å². The van der Waals surface area contributed by atoms with Crippen LogP contribution in [0.5, 0.6) is 0 Å². The van der Waals surface area contributed by atoms with Crippen LogP contribution in [0.3, 0.4) is 0 Å². The fraction of sp³-hybridized carbons (Fsp3) is 0.280. The lowest BCUT2D eigenvalue weighted by molar-refractivity contribution is -0.137. The molecule has 0 atom stereocenters. The summed E-state index contributed by atoms with van der Waals surface area (Å²) in [5, 5.41) is 4.35. The van der Waals surface area contributed by atoms with Gasteiger partial charge in [-0.3, -0.25) is 0 Å². The van der Waals surface area contributed by atoms with Gasteiger partial charge in [-0.15, -0.1) is 0 Å². The van der Waals surface area contributed by atoms with E-state index >= 15 is 0 Å². The van der Waals surface area contributed by atoms with E-state index in [1.54, 1.807) is 6.07 Å². The Kier molecular flexibility index (Phi) is 8.20. The molecule has 6 heteroatoms. The summed E-state index contributed by atoms with van der Waals surface area (Å²) in [7, 11) is 0. The van der Waals surface area contributed by atoms with Gasteiger partial charge in [-0.25, -0.2) is 0 Å². The first-order valence-corrected chi connectivity index (χ1v) is 11.6. The Balaban J connectivity index is 2.03. The van der Waals surface area contributed by atoms with Gasteiger partial charge in [0.25, 0.3) is 0 Å². The van der Waals surface area contributed by atoms with Crippen molar-refractivity contribution in [3.05, 3.63) is 106 Å². The molecule has 164 valence electrons. The van der Waals surface area contributed by atoms with Crippen molar-refractivity contribution in [2.45, 2.75) is 31.0 Å². The topological polar surface area (TPSA) is 12.0 Å². The van der Waals surface area contributed by atoms with Crippen LogP contribution in [0.4, 0.5) is 13.2 Å². The largest absolute Gasteiger partial charge is 0.417 e. The van der Waals surface area contributed by atoms with E-state index in [2.05, 4.69) is 45.5 Å². The van der Waals surface area contributed by atoms with Crippen LogP contribution in [0, 0.1) is 0 Å². The molecule has 0 amide bonds. The summed E-state index contributed by atoms with van der Waals surface area (Å²) in [6, 6.07) is 24.2. The Morgan fingerprint density at radius 2 is 1.39 bits per heavy atom. The minimum atomic E-state index is -4.48. The van der Waals surface area contributed by atoms with Crippen LogP contribution in [0.2, 0.25) is 5.02 Å². The number of aryl methyl sites for hydroxylation is 1. The summed E-state index contributed by atoms with van der Waals surface area (Å²) in [5.41, 5.74) is 1.29. The third-order valence-electron chi connectivity index (χ3n) is 5.42. The molecular weight excluding hydrogens is 487 g/mol. The third-order valence-corrected chi connectivity index (χ3v) is 6.43. The predicted molar refractivity (Wildman–Crippen MR) is 125 cm³/mol. The lowest BCUT2D eigenvalue weighted by Crippen LogP contribution is -2.44. The van der Waals surface area contributed by atoms with Crippen molar-refractivity contribution in [2.24, 2.45) is 0 Å². The molecular formula is C25H24BrClF3N. The van der Waals surface area contributed by atoms with Crippen molar-refractivity contribution >= 4 is 27.5 Å². The van der Waals surface area contributed by atoms with Gasteiger partial charge >= 0.3 is 6.18 Å². The molecule has 0 saturated carbocycles. The first kappa shape index (κ1) is 23.8. The van der Waals surface area contributed by atoms with Gasteiger partial charge in [0.1, 0.15) is 0 Å². The Morgan fingerprint density at radius 3 is 1.90 bits per heavy atom. The van der Waals surface area contributed by atoms with Crippen molar-refractivity contribution < 1.29 is 13.2 Å². The lowest BCUT2D eigenvalue weighted by Gasteiger charge is -2.37. The molecule has 3 rings (SSSR count). The first-order chi connectivity index (χ1) is 14.9. The molecule has 0 aliphatic carbocycles. The van der Waals surface area contributed by atoms with E-state index < -0.39 is 17.3 Å². The molecule has 0 aliphatic heterocycles. The van der Waals surface area contributed by atoms with E-state index in [9.17, 15) is 13.2 Å². The highest BCUT2D eigenvalue weighted by Crippen LogP contribution is 2.39. The second-order valence-electron chi connectivity index (χ2n) is 7.38. The maximum absolute atomic E-state index is 13.3. The summed E-state index contributed by atoms with van der Waals surface area (Å²) < 4.78 is 40.0. The van der Waals surface area contributed by atoms with Crippen molar-refractivity contribution in [3.8, 4) is 0 Å². The fourth-order valence-electron chi connectivity index (χ4n) is 3.88. The molecule has 0 radical (unpaired) electrons. The monoisotopic (exact) mass is 509 g/mol. The second kappa shape index (κ2) is 10.7. The van der Waals surface area contributed by atoms with Gasteiger partial charge in [0.2, 0.25) is 0 Å². The Bertz CT molecular complexity index is 922. The van der Waals surface area contributed by atoms with Crippen LogP contribution in [0.15, 0.2) is 78.9 Å². The summed E-state index contributed by atoms with van der Waals surface area (Å²) in [5.74, 6) is 0. The Hall–Kier alpha value is -1.82. The normalized spacial score (nSPS) is 12.2. The predicted octanol–water partition coefficient (Wildman–Crippen LogP) is 7.61. The average molecular weight is 511 g/mol. The van der Waals surface area contributed by atoms with E-state index in [1.165, 1.54) is 6.07 Å². The molecule has 0 aliphatic rings. The molecule has 0 fully saturated rings. The maximum atomic E-state index is 13.3. The molecule has 0 unspecified atom stereocenters. The van der Waals surface area contributed by atoms with Gasteiger partial charge in [0, 0.05) is 5.33 Å². The maximum Gasteiger partial charge on any atom is 0.417 e. The number of hydrogen-bond donors (Lipinski definition) is 1. The molecule has 1 N–H and O–H groups in total. The second-order valence-corrected chi connectivity index (χ2v) is 8.55. The molecule has 1 nitrogen and oxygen atoms in total. The summed E-state index contributed by atoms with van der Waals surface area (Å²) >= 11 is 9.67. The zero-order chi connectivity index (χ0) is 22.3. The molecule has 31 heavy (non-hydrogen) atoms. The highest BCUT2D eigenvalue weighted by atomic mass is 79.9. The molecule has 3 aromatic rings. The van der Waals surface area contributed by atoms with Gasteiger partial charge in [0.05, 0.1) is 16.1 Å². The molecule has 3 aromatic carbocycles. The number of hydrogen-bond acceptors (Lipinski definition) is 1. The number of nitrogens with one attached hydrogen (secondary N) is 1. The highest BCUT2D eigenvalue weighted by molar-refractivity contribution is 9.09. The van der Waals surface area contributed by atoms with Crippen LogP contribution < -0.4 is 5.32 Å². The van der Waals surface area contributed by atoms with Crippen molar-refractivity contribution in [2.75, 3.05) is 11.9 Å². The van der Waals surface area contributed by atoms with E-state index in [4.69, 9.17) is 11.6 Å². The Morgan fingerprint density at radius 1 is 0.806 bits per heavy atom. The van der Waals surface area contributed by atoms with Crippen molar-refractivity contribution in [1.82, 2.24) is 5.32 Å². The smallest absolute Gasteiger partial charge is 0.304 e. The van der Waals surface area contributed by atoms with Crippen molar-refractivity contribution in [3.63, 3.8) is 0 Å². The van der Waals surface area contributed by atoms with Gasteiger partial charge in [-0.2, -0.15) is 13.2 Å². The molecule has 0 heterocycles. The molecule has 0 saturated heterocycles. The van der Waals surface area contributed by atoms with Crippen LogP contribution >= 0.6 is 27.5 Å². The fourth-order valence-corrected chi connectivity index (χ4v) is 4.48. The van der Waals surface area contributed by atoms with E-state index in [1.807, 2.05) is 36.4 Å². The summed E-state index contributed by atoms with van der Waals surface area (Å²) in [6.07, 6.45) is -2.60. The zero-order valence-electron chi connectivity index (χ0n) is 16.9. The van der Waals surface area contributed by atoms with Gasteiger partial charge in [0.15, 0.2) is 0 Å². The molecule has 0 spiro atoms. The van der Waals surface area contributed by atoms with Gasteiger partial charge in [-0.1, -0.05) is 100 Å².